The zero-order valence-corrected chi connectivity index (χ0v) is 24.4. The molecule has 1 unspecified atom stereocenters. The monoisotopic (exact) mass is 570 g/mol. The molecule has 8 nitrogen and oxygen atoms in total. The van der Waals surface area contributed by atoms with Crippen LogP contribution in [0.2, 0.25) is 0 Å². The molecule has 0 saturated heterocycles. The summed E-state index contributed by atoms with van der Waals surface area (Å²) in [6.07, 6.45) is 0.977. The van der Waals surface area contributed by atoms with Gasteiger partial charge in [0, 0.05) is 23.4 Å². The van der Waals surface area contributed by atoms with Crippen LogP contribution >= 0.6 is 23.1 Å². The Bertz CT molecular complexity index is 1610. The van der Waals surface area contributed by atoms with Crippen molar-refractivity contribution in [3.8, 4) is 6.07 Å². The van der Waals surface area contributed by atoms with Gasteiger partial charge in [0.1, 0.15) is 5.82 Å². The van der Waals surface area contributed by atoms with Crippen molar-refractivity contribution in [1.29, 1.82) is 5.26 Å². The van der Waals surface area contributed by atoms with E-state index in [1.807, 2.05) is 62.4 Å². The van der Waals surface area contributed by atoms with E-state index >= 15 is 0 Å². The van der Waals surface area contributed by atoms with E-state index < -0.39 is 5.92 Å². The summed E-state index contributed by atoms with van der Waals surface area (Å²) in [4.78, 5) is 28.0. The van der Waals surface area contributed by atoms with Crippen LogP contribution in [0.4, 0.5) is 10.8 Å². The van der Waals surface area contributed by atoms with E-state index in [4.69, 9.17) is 5.73 Å². The van der Waals surface area contributed by atoms with Gasteiger partial charge < -0.3 is 11.1 Å². The number of anilines is 2. The maximum atomic E-state index is 13.7. The molecule has 2 aromatic carbocycles. The lowest BCUT2D eigenvalue weighted by Gasteiger charge is -2.42. The number of nitriles is 1. The molecule has 1 aliphatic carbocycles. The first-order chi connectivity index (χ1) is 19.1. The number of thioether (sulfide) groups is 1. The van der Waals surface area contributed by atoms with E-state index in [1.54, 1.807) is 4.90 Å². The summed E-state index contributed by atoms with van der Waals surface area (Å²) in [5.74, 6) is -0.257. The number of aromatic nitrogens is 2. The van der Waals surface area contributed by atoms with Gasteiger partial charge in [0.25, 0.3) is 0 Å². The number of benzene rings is 2. The van der Waals surface area contributed by atoms with Crippen LogP contribution < -0.4 is 16.0 Å². The summed E-state index contributed by atoms with van der Waals surface area (Å²) in [5.41, 5.74) is 11.8. The van der Waals surface area contributed by atoms with Crippen molar-refractivity contribution in [3.63, 3.8) is 0 Å². The number of Topliss-reactive ketones (excluding diaryl/α,β-unsaturated/α-hetero) is 1. The zero-order valence-electron chi connectivity index (χ0n) is 22.8. The Labute approximate surface area is 242 Å². The molecule has 1 amide bonds. The third-order valence-electron chi connectivity index (χ3n) is 7.21. The summed E-state index contributed by atoms with van der Waals surface area (Å²) in [6.45, 7) is 8.04. The van der Waals surface area contributed by atoms with E-state index in [-0.39, 0.29) is 28.7 Å². The molecule has 0 radical (unpaired) electrons. The molecule has 204 valence electrons. The van der Waals surface area contributed by atoms with E-state index in [0.717, 1.165) is 28.1 Å². The highest BCUT2D eigenvalue weighted by Crippen LogP contribution is 2.51. The number of aryl methyl sites for hydroxylation is 2. The first kappa shape index (κ1) is 27.6. The number of ketones is 1. The highest BCUT2D eigenvalue weighted by Gasteiger charge is 2.45. The maximum absolute atomic E-state index is 13.7. The Morgan fingerprint density at radius 3 is 2.55 bits per heavy atom. The lowest BCUT2D eigenvalue weighted by atomic mass is 9.68. The minimum atomic E-state index is -0.534. The largest absolute Gasteiger partial charge is 0.384 e. The average Bonchev–Trinajstić information content (AvgIpc) is 3.36. The van der Waals surface area contributed by atoms with Gasteiger partial charge in [-0.25, -0.2) is 0 Å². The van der Waals surface area contributed by atoms with Gasteiger partial charge in [-0.1, -0.05) is 79.4 Å². The first-order valence-corrected chi connectivity index (χ1v) is 14.7. The molecule has 2 heterocycles. The highest BCUT2D eigenvalue weighted by molar-refractivity contribution is 8.01. The number of para-hydroxylation sites is 1. The van der Waals surface area contributed by atoms with Crippen LogP contribution in [0, 0.1) is 30.6 Å². The van der Waals surface area contributed by atoms with Crippen molar-refractivity contribution < 1.29 is 9.59 Å². The number of amides is 1. The number of nitrogens with two attached hydrogens (primary N) is 1. The number of nitrogens with zero attached hydrogens (tertiary/aromatic N) is 4. The fourth-order valence-corrected chi connectivity index (χ4v) is 7.01. The fraction of sp³-hybridized carbons (Fsp3) is 0.300. The van der Waals surface area contributed by atoms with E-state index in [9.17, 15) is 14.9 Å². The third kappa shape index (κ3) is 5.27. The molecule has 3 aromatic rings. The van der Waals surface area contributed by atoms with Gasteiger partial charge in [-0.2, -0.15) is 5.26 Å². The quantitative estimate of drug-likeness (QED) is 0.355. The van der Waals surface area contributed by atoms with Crippen LogP contribution in [0.15, 0.2) is 75.5 Å². The Kier molecular flexibility index (Phi) is 7.53. The summed E-state index contributed by atoms with van der Waals surface area (Å²) < 4.78 is 0.589. The molecule has 0 saturated carbocycles. The van der Waals surface area contributed by atoms with Gasteiger partial charge in [-0.05, 0) is 48.4 Å². The predicted octanol–water partition coefficient (Wildman–Crippen LogP) is 5.83. The summed E-state index contributed by atoms with van der Waals surface area (Å²) in [5, 5.41) is 22.4. The van der Waals surface area contributed by atoms with Gasteiger partial charge in [0.2, 0.25) is 11.0 Å². The number of hydrogen-bond acceptors (Lipinski definition) is 9. The minimum absolute atomic E-state index is 0.0109. The van der Waals surface area contributed by atoms with Crippen molar-refractivity contribution in [2.45, 2.75) is 50.8 Å². The molecule has 0 bridgehead atoms. The number of nitrogens with one attached hydrogen (secondary N) is 1. The second kappa shape index (κ2) is 10.9. The smallest absolute Gasteiger partial charge is 0.234 e. The SMILES string of the molecule is Cc1ccccc1NC(=O)CSc1nnc(N2C(N)=C(C#N)C(c3ccccc3C)C3=C2CC(C)(C)CC3=O)s1. The standard InChI is InChI=1S/C30H30N6O2S2/c1-17-9-5-7-11-19(17)25-20(15-31)27(32)36(22-13-30(3,4)14-23(37)26(22)25)28-34-35-29(40-28)39-16-24(38)33-21-12-8-6-10-18(21)2/h5-12,25H,13-14,16,32H2,1-4H3,(H,33,38). The molecular weight excluding hydrogens is 541 g/mol. The number of rotatable bonds is 6. The maximum Gasteiger partial charge on any atom is 0.234 e. The molecule has 0 spiro atoms. The summed E-state index contributed by atoms with van der Waals surface area (Å²) >= 11 is 2.56. The van der Waals surface area contributed by atoms with Crippen molar-refractivity contribution in [2.75, 3.05) is 16.0 Å². The van der Waals surface area contributed by atoms with E-state index in [2.05, 4.69) is 35.4 Å². The molecular formula is C30H30N6O2S2. The van der Waals surface area contributed by atoms with Crippen molar-refractivity contribution in [3.05, 3.63) is 87.9 Å². The lowest BCUT2D eigenvalue weighted by Crippen LogP contribution is -2.42. The van der Waals surface area contributed by atoms with Gasteiger partial charge in [0.05, 0.1) is 23.3 Å². The molecule has 40 heavy (non-hydrogen) atoms. The normalized spacial score (nSPS) is 18.4. The molecule has 1 aromatic heterocycles. The summed E-state index contributed by atoms with van der Waals surface area (Å²) in [6, 6.07) is 17.7. The van der Waals surface area contributed by atoms with Crippen molar-refractivity contribution in [1.82, 2.24) is 10.2 Å². The van der Waals surface area contributed by atoms with Gasteiger partial charge >= 0.3 is 0 Å². The molecule has 1 aliphatic heterocycles. The fourth-order valence-electron chi connectivity index (χ4n) is 5.33. The Morgan fingerprint density at radius 1 is 1.15 bits per heavy atom. The van der Waals surface area contributed by atoms with Crippen LogP contribution in [0.3, 0.4) is 0 Å². The minimum Gasteiger partial charge on any atom is -0.384 e. The Balaban J connectivity index is 1.48. The molecule has 5 rings (SSSR count). The van der Waals surface area contributed by atoms with Crippen LogP contribution in [-0.2, 0) is 9.59 Å². The van der Waals surface area contributed by atoms with Gasteiger partial charge in [0.15, 0.2) is 10.1 Å². The number of carbonyl (C=O) groups is 2. The Hall–Kier alpha value is -3.94. The predicted molar refractivity (Wildman–Crippen MR) is 159 cm³/mol. The lowest BCUT2D eigenvalue weighted by molar-refractivity contribution is -0.118. The molecule has 1 atom stereocenters. The zero-order chi connectivity index (χ0) is 28.6. The molecule has 10 heteroatoms. The van der Waals surface area contributed by atoms with E-state index in [0.29, 0.717) is 33.5 Å². The van der Waals surface area contributed by atoms with Crippen molar-refractivity contribution in [2.24, 2.45) is 11.1 Å². The van der Waals surface area contributed by atoms with E-state index in [1.165, 1.54) is 23.1 Å². The summed E-state index contributed by atoms with van der Waals surface area (Å²) in [7, 11) is 0. The second-order valence-corrected chi connectivity index (χ2v) is 13.0. The van der Waals surface area contributed by atoms with Crippen LogP contribution in [0.1, 0.15) is 49.3 Å². The topological polar surface area (TPSA) is 125 Å². The molecule has 0 fully saturated rings. The number of carbonyl (C=O) groups excluding carboxylic acids is 2. The van der Waals surface area contributed by atoms with Gasteiger partial charge in [-0.15, -0.1) is 10.2 Å². The number of hydrogen-bond donors (Lipinski definition) is 2. The molecule has 2 aliphatic rings. The third-order valence-corrected chi connectivity index (χ3v) is 9.26. The van der Waals surface area contributed by atoms with Gasteiger partial charge in [-0.3, -0.25) is 14.5 Å². The molecule has 3 N–H and O–H groups in total. The van der Waals surface area contributed by atoms with Crippen LogP contribution in [-0.4, -0.2) is 27.6 Å². The highest BCUT2D eigenvalue weighted by atomic mass is 32.2. The van der Waals surface area contributed by atoms with Crippen LogP contribution in [0.25, 0.3) is 0 Å². The second-order valence-electron chi connectivity index (χ2n) is 10.8. The first-order valence-electron chi connectivity index (χ1n) is 12.9. The number of allylic oxidation sites excluding steroid dienone is 3. The van der Waals surface area contributed by atoms with Crippen LogP contribution in [0.5, 0.6) is 0 Å². The van der Waals surface area contributed by atoms with Crippen molar-refractivity contribution >= 4 is 45.6 Å². The Morgan fingerprint density at radius 2 is 1.85 bits per heavy atom. The average molecular weight is 571 g/mol.